The Morgan fingerprint density at radius 1 is 1.04 bits per heavy atom. The highest BCUT2D eigenvalue weighted by molar-refractivity contribution is 5.79. The van der Waals surface area contributed by atoms with E-state index < -0.39 is 0 Å². The fraction of sp³-hybridized carbons (Fsp3) is 0.955. The first-order valence-electron chi connectivity index (χ1n) is 11.4. The van der Waals surface area contributed by atoms with Crippen LogP contribution in [0.5, 0.6) is 0 Å². The van der Waals surface area contributed by atoms with Crippen molar-refractivity contribution < 1.29 is 9.47 Å². The summed E-state index contributed by atoms with van der Waals surface area (Å²) in [6.07, 6.45) is 7.40. The number of unbranched alkanes of at least 4 members (excludes halogenated alkanes) is 1. The van der Waals surface area contributed by atoms with Gasteiger partial charge in [-0.25, -0.2) is 0 Å². The van der Waals surface area contributed by atoms with Crippen molar-refractivity contribution >= 4 is 5.96 Å². The largest absolute Gasteiger partial charge is 0.385 e. The van der Waals surface area contributed by atoms with Crippen LogP contribution in [-0.2, 0) is 9.47 Å². The van der Waals surface area contributed by atoms with Crippen LogP contribution in [0.2, 0.25) is 0 Å². The molecular formula is C22H44N4O2. The van der Waals surface area contributed by atoms with Gasteiger partial charge in [-0.2, -0.15) is 0 Å². The van der Waals surface area contributed by atoms with Gasteiger partial charge >= 0.3 is 0 Å². The summed E-state index contributed by atoms with van der Waals surface area (Å²) >= 11 is 0. The van der Waals surface area contributed by atoms with Gasteiger partial charge in [-0.1, -0.05) is 13.8 Å². The molecule has 2 saturated heterocycles. The van der Waals surface area contributed by atoms with Crippen molar-refractivity contribution in [3.05, 3.63) is 0 Å². The second kappa shape index (κ2) is 13.4. The molecule has 2 unspecified atom stereocenters. The molecule has 28 heavy (non-hydrogen) atoms. The topological polar surface area (TPSA) is 49.3 Å². The van der Waals surface area contributed by atoms with Gasteiger partial charge in [0.25, 0.3) is 0 Å². The smallest absolute Gasteiger partial charge is 0.193 e. The number of nitrogens with zero attached hydrogens (tertiary/aromatic N) is 3. The summed E-state index contributed by atoms with van der Waals surface area (Å²) in [5.41, 5.74) is 0. The first-order valence-corrected chi connectivity index (χ1v) is 11.4. The van der Waals surface area contributed by atoms with E-state index in [0.29, 0.717) is 6.10 Å². The number of aliphatic imine (C=N–C) groups is 1. The fourth-order valence-corrected chi connectivity index (χ4v) is 4.66. The van der Waals surface area contributed by atoms with Gasteiger partial charge < -0.3 is 24.6 Å². The highest BCUT2D eigenvalue weighted by atomic mass is 16.5. The zero-order valence-electron chi connectivity index (χ0n) is 18.8. The summed E-state index contributed by atoms with van der Waals surface area (Å²) in [7, 11) is 3.64. The monoisotopic (exact) mass is 396 g/mol. The number of likely N-dealkylation sites (tertiary alicyclic amines) is 2. The van der Waals surface area contributed by atoms with E-state index >= 15 is 0 Å². The molecule has 2 atom stereocenters. The van der Waals surface area contributed by atoms with Gasteiger partial charge in [-0.3, -0.25) is 4.99 Å². The number of hydrogen-bond donors (Lipinski definition) is 1. The second-order valence-corrected chi connectivity index (χ2v) is 8.79. The van der Waals surface area contributed by atoms with Crippen LogP contribution in [0.1, 0.15) is 52.4 Å². The Balaban J connectivity index is 1.55. The minimum Gasteiger partial charge on any atom is -0.385 e. The lowest BCUT2D eigenvalue weighted by Gasteiger charge is -2.35. The molecule has 1 N–H and O–H groups in total. The molecule has 0 radical (unpaired) electrons. The molecule has 0 bridgehead atoms. The van der Waals surface area contributed by atoms with Crippen LogP contribution in [0.15, 0.2) is 4.99 Å². The molecule has 6 heteroatoms. The molecule has 0 aromatic carbocycles. The maximum absolute atomic E-state index is 5.96. The zero-order valence-corrected chi connectivity index (χ0v) is 18.8. The Morgan fingerprint density at radius 3 is 2.39 bits per heavy atom. The first-order chi connectivity index (χ1) is 13.6. The predicted octanol–water partition coefficient (Wildman–Crippen LogP) is 2.84. The van der Waals surface area contributed by atoms with Crippen LogP contribution >= 0.6 is 0 Å². The lowest BCUT2D eigenvalue weighted by Crippen LogP contribution is -2.47. The molecule has 164 valence electrons. The van der Waals surface area contributed by atoms with Gasteiger partial charge in [-0.05, 0) is 56.9 Å². The summed E-state index contributed by atoms with van der Waals surface area (Å²) in [5.74, 6) is 2.76. The van der Waals surface area contributed by atoms with Crippen molar-refractivity contribution in [3.8, 4) is 0 Å². The molecule has 0 amide bonds. The number of nitrogens with one attached hydrogen (secondary N) is 1. The minimum absolute atomic E-state index is 0.389. The molecule has 0 saturated carbocycles. The van der Waals surface area contributed by atoms with Crippen molar-refractivity contribution in [2.24, 2.45) is 16.8 Å². The predicted molar refractivity (Wildman–Crippen MR) is 117 cm³/mol. The number of piperidine rings is 2. The Kier molecular flexibility index (Phi) is 11.2. The van der Waals surface area contributed by atoms with Gasteiger partial charge in [0.2, 0.25) is 0 Å². The normalized spacial score (nSPS) is 25.3. The number of rotatable bonds is 10. The number of ether oxygens (including phenoxy) is 2. The highest BCUT2D eigenvalue weighted by Crippen LogP contribution is 2.21. The Hall–Kier alpha value is -0.850. The van der Waals surface area contributed by atoms with Crippen LogP contribution in [0.4, 0.5) is 0 Å². The Morgan fingerprint density at radius 2 is 1.75 bits per heavy atom. The molecule has 0 spiro atoms. The van der Waals surface area contributed by atoms with E-state index in [-0.39, 0.29) is 0 Å². The maximum atomic E-state index is 5.96. The summed E-state index contributed by atoms with van der Waals surface area (Å²) in [4.78, 5) is 9.53. The van der Waals surface area contributed by atoms with Crippen molar-refractivity contribution in [1.29, 1.82) is 0 Å². The highest BCUT2D eigenvalue weighted by Gasteiger charge is 2.22. The van der Waals surface area contributed by atoms with Gasteiger partial charge in [0, 0.05) is 60.1 Å². The van der Waals surface area contributed by atoms with Crippen LogP contribution in [0, 0.1) is 11.8 Å². The Bertz CT molecular complexity index is 428. The lowest BCUT2D eigenvalue weighted by molar-refractivity contribution is 0.00991. The van der Waals surface area contributed by atoms with Crippen LogP contribution in [-0.4, -0.2) is 88.5 Å². The van der Waals surface area contributed by atoms with Gasteiger partial charge in [0.15, 0.2) is 5.96 Å². The molecule has 0 aliphatic carbocycles. The van der Waals surface area contributed by atoms with Gasteiger partial charge in [0.05, 0.1) is 6.10 Å². The van der Waals surface area contributed by atoms with Crippen LogP contribution in [0.25, 0.3) is 0 Å². The van der Waals surface area contributed by atoms with Crippen molar-refractivity contribution in [3.63, 3.8) is 0 Å². The first kappa shape index (κ1) is 23.4. The van der Waals surface area contributed by atoms with E-state index in [2.05, 4.69) is 34.0 Å². The summed E-state index contributed by atoms with van der Waals surface area (Å²) in [6, 6.07) is 0. The van der Waals surface area contributed by atoms with E-state index in [1.54, 1.807) is 7.11 Å². The van der Waals surface area contributed by atoms with Crippen molar-refractivity contribution in [2.75, 3.05) is 66.6 Å². The van der Waals surface area contributed by atoms with E-state index in [1.807, 2.05) is 7.05 Å². The Labute approximate surface area is 173 Å². The molecule has 2 rings (SSSR count). The molecule has 2 aliphatic rings. The standard InChI is InChI=1S/C22H44N4O2/c1-19-16-20(2)18-25(17-19)11-6-5-10-24-22(23-3)26-12-8-21(9-13-26)28-15-7-14-27-4/h19-21H,5-18H2,1-4H3,(H,23,24). The van der Waals surface area contributed by atoms with Crippen molar-refractivity contribution in [1.82, 2.24) is 15.1 Å². The third-order valence-electron chi connectivity index (χ3n) is 5.93. The molecule has 0 aromatic heterocycles. The quantitative estimate of drug-likeness (QED) is 0.350. The average Bonchev–Trinajstić information content (AvgIpc) is 2.68. The van der Waals surface area contributed by atoms with Crippen molar-refractivity contribution in [2.45, 2.75) is 58.5 Å². The molecule has 2 heterocycles. The van der Waals surface area contributed by atoms with E-state index in [1.165, 1.54) is 38.9 Å². The average molecular weight is 397 g/mol. The molecular weight excluding hydrogens is 352 g/mol. The number of methoxy groups -OCH3 is 1. The molecule has 2 fully saturated rings. The molecule has 6 nitrogen and oxygen atoms in total. The maximum Gasteiger partial charge on any atom is 0.193 e. The molecule has 0 aromatic rings. The third-order valence-corrected chi connectivity index (χ3v) is 5.93. The van der Waals surface area contributed by atoms with Crippen LogP contribution in [0.3, 0.4) is 0 Å². The third kappa shape index (κ3) is 8.66. The second-order valence-electron chi connectivity index (χ2n) is 8.79. The minimum atomic E-state index is 0.389. The van der Waals surface area contributed by atoms with Gasteiger partial charge in [-0.15, -0.1) is 0 Å². The molecule has 2 aliphatic heterocycles. The van der Waals surface area contributed by atoms with E-state index in [0.717, 1.165) is 69.9 Å². The van der Waals surface area contributed by atoms with Crippen LogP contribution < -0.4 is 5.32 Å². The fourth-order valence-electron chi connectivity index (χ4n) is 4.66. The summed E-state index contributed by atoms with van der Waals surface area (Å²) < 4.78 is 11.0. The number of hydrogen-bond acceptors (Lipinski definition) is 4. The van der Waals surface area contributed by atoms with Gasteiger partial charge in [0.1, 0.15) is 0 Å². The van der Waals surface area contributed by atoms with E-state index in [4.69, 9.17) is 9.47 Å². The summed E-state index contributed by atoms with van der Waals surface area (Å²) in [6.45, 7) is 13.2. The van der Waals surface area contributed by atoms with E-state index in [9.17, 15) is 0 Å². The zero-order chi connectivity index (χ0) is 20.2. The number of guanidine groups is 1. The summed E-state index contributed by atoms with van der Waals surface area (Å²) in [5, 5.41) is 3.57. The SMILES string of the molecule is CN=C(NCCCCN1CC(C)CC(C)C1)N1CCC(OCCCOC)CC1. The lowest BCUT2D eigenvalue weighted by atomic mass is 9.92.